The van der Waals surface area contributed by atoms with Crippen molar-refractivity contribution in [2.45, 2.75) is 6.92 Å². The van der Waals surface area contributed by atoms with Crippen LogP contribution in [0, 0.1) is 5.92 Å². The second kappa shape index (κ2) is 4.45. The summed E-state index contributed by atoms with van der Waals surface area (Å²) in [7, 11) is 2.17. The highest BCUT2D eigenvalue weighted by Crippen LogP contribution is 2.33. The van der Waals surface area contributed by atoms with Crippen LogP contribution < -0.4 is 0 Å². The number of nitrogens with one attached hydrogen (secondary N) is 1. The van der Waals surface area contributed by atoms with Gasteiger partial charge in [0.25, 0.3) is 0 Å². The van der Waals surface area contributed by atoms with Gasteiger partial charge in [0.05, 0.1) is 0 Å². The molecule has 18 heavy (non-hydrogen) atoms. The van der Waals surface area contributed by atoms with E-state index in [2.05, 4.69) is 42.2 Å². The monoisotopic (exact) mass is 260 g/mol. The van der Waals surface area contributed by atoms with Gasteiger partial charge in [-0.25, -0.2) is 0 Å². The van der Waals surface area contributed by atoms with Crippen LogP contribution in [-0.4, -0.2) is 30.0 Å². The van der Waals surface area contributed by atoms with Gasteiger partial charge in [0.15, 0.2) is 0 Å². The normalized spacial score (nSPS) is 21.3. The number of fused-ring (bicyclic) bond motifs is 1. The summed E-state index contributed by atoms with van der Waals surface area (Å²) in [5.41, 5.74) is 3.88. The fourth-order valence-electron chi connectivity index (χ4n) is 2.81. The van der Waals surface area contributed by atoms with E-state index in [9.17, 15) is 0 Å². The lowest BCUT2D eigenvalue weighted by atomic mass is 9.90. The molecular weight excluding hydrogens is 244 g/mol. The Kier molecular flexibility index (Phi) is 2.92. The molecule has 2 nitrogen and oxygen atoms in total. The number of benzene rings is 1. The second-order valence-corrected chi connectivity index (χ2v) is 5.61. The summed E-state index contributed by atoms with van der Waals surface area (Å²) in [4.78, 5) is 5.67. The van der Waals surface area contributed by atoms with Gasteiger partial charge >= 0.3 is 0 Å². The minimum atomic E-state index is 0.568. The van der Waals surface area contributed by atoms with E-state index in [1.807, 2.05) is 12.1 Å². The molecule has 2 heterocycles. The molecule has 94 valence electrons. The molecule has 1 aliphatic heterocycles. The van der Waals surface area contributed by atoms with E-state index in [4.69, 9.17) is 11.6 Å². The molecule has 1 atom stereocenters. The number of aromatic nitrogens is 1. The van der Waals surface area contributed by atoms with Crippen molar-refractivity contribution in [3.8, 4) is 0 Å². The predicted molar refractivity (Wildman–Crippen MR) is 77.9 cm³/mol. The first-order chi connectivity index (χ1) is 8.65. The summed E-state index contributed by atoms with van der Waals surface area (Å²) in [6.07, 6.45) is 4.44. The first-order valence-corrected chi connectivity index (χ1v) is 6.68. The van der Waals surface area contributed by atoms with Gasteiger partial charge in [-0.3, -0.25) is 0 Å². The molecule has 1 aromatic heterocycles. The molecule has 0 saturated carbocycles. The zero-order valence-electron chi connectivity index (χ0n) is 10.7. The van der Waals surface area contributed by atoms with Crippen LogP contribution in [0.1, 0.15) is 12.5 Å². The molecule has 1 aliphatic rings. The summed E-state index contributed by atoms with van der Waals surface area (Å²) in [6, 6.07) is 6.05. The maximum absolute atomic E-state index is 6.02. The summed E-state index contributed by atoms with van der Waals surface area (Å²) in [5, 5.41) is 2.04. The average Bonchev–Trinajstić information content (AvgIpc) is 2.72. The largest absolute Gasteiger partial charge is 0.361 e. The average molecular weight is 261 g/mol. The third kappa shape index (κ3) is 1.96. The number of halogens is 1. The maximum Gasteiger partial charge on any atom is 0.0475 e. The van der Waals surface area contributed by atoms with Crippen molar-refractivity contribution < 1.29 is 0 Å². The highest BCUT2D eigenvalue weighted by Gasteiger charge is 2.19. The van der Waals surface area contributed by atoms with Crippen molar-refractivity contribution in [2.24, 2.45) is 5.92 Å². The number of H-pyrrole nitrogens is 1. The Morgan fingerprint density at radius 1 is 1.39 bits per heavy atom. The minimum absolute atomic E-state index is 0.568. The van der Waals surface area contributed by atoms with E-state index < -0.39 is 0 Å². The quantitative estimate of drug-likeness (QED) is 0.827. The number of hydrogen-bond acceptors (Lipinski definition) is 1. The number of aromatic amines is 1. The van der Waals surface area contributed by atoms with Gasteiger partial charge in [-0.1, -0.05) is 30.7 Å². The van der Waals surface area contributed by atoms with E-state index in [-0.39, 0.29) is 0 Å². The van der Waals surface area contributed by atoms with Crippen molar-refractivity contribution >= 4 is 28.1 Å². The standard InChI is InChI=1S/C15H17ClN2/c1-10-9-18(2)6-5-12(10)14-8-17-15-7-11(16)3-4-13(14)15/h3-5,7-8,10,17H,6,9H2,1-2H3. The van der Waals surface area contributed by atoms with Gasteiger partial charge in [0, 0.05) is 40.8 Å². The Morgan fingerprint density at radius 2 is 2.22 bits per heavy atom. The summed E-state index contributed by atoms with van der Waals surface area (Å²) >= 11 is 6.02. The number of rotatable bonds is 1. The molecule has 0 bridgehead atoms. The van der Waals surface area contributed by atoms with Crippen molar-refractivity contribution in [1.82, 2.24) is 9.88 Å². The first-order valence-electron chi connectivity index (χ1n) is 6.31. The van der Waals surface area contributed by atoms with E-state index in [0.29, 0.717) is 5.92 Å². The fourth-order valence-corrected chi connectivity index (χ4v) is 2.98. The Hall–Kier alpha value is -1.25. The van der Waals surface area contributed by atoms with E-state index in [1.165, 1.54) is 16.5 Å². The molecule has 0 amide bonds. The lowest BCUT2D eigenvalue weighted by molar-refractivity contribution is 0.329. The van der Waals surface area contributed by atoms with Crippen LogP contribution in [0.2, 0.25) is 5.02 Å². The van der Waals surface area contributed by atoms with Crippen LogP contribution in [0.5, 0.6) is 0 Å². The molecule has 0 radical (unpaired) electrons. The minimum Gasteiger partial charge on any atom is -0.361 e. The van der Waals surface area contributed by atoms with Gasteiger partial charge in [0.2, 0.25) is 0 Å². The first kappa shape index (κ1) is 11.8. The summed E-state index contributed by atoms with van der Waals surface area (Å²) < 4.78 is 0. The Morgan fingerprint density at radius 3 is 3.00 bits per heavy atom. The fraction of sp³-hybridized carbons (Fsp3) is 0.333. The van der Waals surface area contributed by atoms with Crippen LogP contribution >= 0.6 is 11.6 Å². The Labute approximate surface area is 112 Å². The molecule has 1 unspecified atom stereocenters. The second-order valence-electron chi connectivity index (χ2n) is 5.17. The molecular formula is C15H17ClN2. The van der Waals surface area contributed by atoms with Crippen LogP contribution in [-0.2, 0) is 0 Å². The van der Waals surface area contributed by atoms with Crippen LogP contribution in [0.3, 0.4) is 0 Å². The van der Waals surface area contributed by atoms with E-state index >= 15 is 0 Å². The van der Waals surface area contributed by atoms with Crippen molar-refractivity contribution in [3.63, 3.8) is 0 Å². The number of hydrogen-bond donors (Lipinski definition) is 1. The topological polar surface area (TPSA) is 19.0 Å². The van der Waals surface area contributed by atoms with Crippen molar-refractivity contribution in [3.05, 3.63) is 41.1 Å². The number of nitrogens with zero attached hydrogens (tertiary/aromatic N) is 1. The molecule has 0 spiro atoms. The highest BCUT2D eigenvalue weighted by atomic mass is 35.5. The van der Waals surface area contributed by atoms with Crippen LogP contribution in [0.25, 0.3) is 16.5 Å². The van der Waals surface area contributed by atoms with Crippen LogP contribution in [0.15, 0.2) is 30.5 Å². The molecule has 0 aliphatic carbocycles. The number of likely N-dealkylation sites (N-methyl/N-ethyl adjacent to an activating group) is 1. The molecule has 3 heteroatoms. The Balaban J connectivity index is 2.09. The van der Waals surface area contributed by atoms with Gasteiger partial charge in [-0.15, -0.1) is 0 Å². The summed E-state index contributed by atoms with van der Waals surface area (Å²) in [6.45, 7) is 4.43. The molecule has 0 fully saturated rings. The Bertz CT molecular complexity index is 612. The van der Waals surface area contributed by atoms with E-state index in [1.54, 1.807) is 0 Å². The molecule has 1 N–H and O–H groups in total. The zero-order chi connectivity index (χ0) is 12.7. The predicted octanol–water partition coefficient (Wildman–Crippen LogP) is 3.79. The third-order valence-corrected chi connectivity index (χ3v) is 3.93. The zero-order valence-corrected chi connectivity index (χ0v) is 11.5. The van der Waals surface area contributed by atoms with Gasteiger partial charge < -0.3 is 9.88 Å². The van der Waals surface area contributed by atoms with Crippen molar-refractivity contribution in [2.75, 3.05) is 20.1 Å². The van der Waals surface area contributed by atoms with Gasteiger partial charge in [-0.2, -0.15) is 0 Å². The summed E-state index contributed by atoms with van der Waals surface area (Å²) in [5.74, 6) is 0.568. The van der Waals surface area contributed by atoms with Gasteiger partial charge in [0.1, 0.15) is 0 Å². The van der Waals surface area contributed by atoms with E-state index in [0.717, 1.165) is 23.6 Å². The van der Waals surface area contributed by atoms with Gasteiger partial charge in [-0.05, 0) is 30.7 Å². The lowest BCUT2D eigenvalue weighted by Gasteiger charge is -2.27. The smallest absolute Gasteiger partial charge is 0.0475 e. The third-order valence-electron chi connectivity index (χ3n) is 3.69. The maximum atomic E-state index is 6.02. The molecule has 2 aromatic rings. The SMILES string of the molecule is CC1CN(C)CC=C1c1c[nH]c2cc(Cl)ccc12. The molecule has 3 rings (SSSR count). The molecule has 1 aromatic carbocycles. The highest BCUT2D eigenvalue weighted by molar-refractivity contribution is 6.31. The van der Waals surface area contributed by atoms with Crippen molar-refractivity contribution in [1.29, 1.82) is 0 Å². The lowest BCUT2D eigenvalue weighted by Crippen LogP contribution is -2.29. The molecule has 0 saturated heterocycles. The van der Waals surface area contributed by atoms with Crippen LogP contribution in [0.4, 0.5) is 0 Å².